The van der Waals surface area contributed by atoms with Gasteiger partial charge in [0.15, 0.2) is 5.76 Å². The minimum atomic E-state index is -0.634. The van der Waals surface area contributed by atoms with E-state index in [2.05, 4.69) is 21.4 Å². The van der Waals surface area contributed by atoms with Crippen molar-refractivity contribution >= 4 is 23.4 Å². The molecule has 174 valence electrons. The van der Waals surface area contributed by atoms with Crippen LogP contribution in [0.25, 0.3) is 0 Å². The maximum Gasteiger partial charge on any atom is 0.305 e. The molecule has 34 heavy (non-hydrogen) atoms. The predicted octanol–water partition coefficient (Wildman–Crippen LogP) is 3.58. The van der Waals surface area contributed by atoms with Gasteiger partial charge in [-0.2, -0.15) is 5.10 Å². The summed E-state index contributed by atoms with van der Waals surface area (Å²) >= 11 is 0. The Morgan fingerprint density at radius 1 is 0.912 bits per heavy atom. The first kappa shape index (κ1) is 22.9. The van der Waals surface area contributed by atoms with E-state index in [0.717, 1.165) is 24.1 Å². The normalized spacial score (nSPS) is 13.8. The van der Waals surface area contributed by atoms with E-state index in [0.29, 0.717) is 41.0 Å². The second-order valence-electron chi connectivity index (χ2n) is 7.94. The number of furan rings is 1. The summed E-state index contributed by atoms with van der Waals surface area (Å²) < 4.78 is 18.8. The van der Waals surface area contributed by atoms with E-state index in [1.807, 2.05) is 19.1 Å². The van der Waals surface area contributed by atoms with Crippen LogP contribution in [0.4, 0.5) is 4.39 Å². The summed E-state index contributed by atoms with van der Waals surface area (Å²) in [5, 5.41) is 4.32. The third kappa shape index (κ3) is 4.73. The Balaban J connectivity index is 1.48. The highest BCUT2D eigenvalue weighted by molar-refractivity contribution is 6.07. The van der Waals surface area contributed by atoms with Gasteiger partial charge in [-0.25, -0.2) is 9.82 Å². The third-order valence-electron chi connectivity index (χ3n) is 5.61. The fourth-order valence-corrected chi connectivity index (χ4v) is 3.85. The molecule has 9 heteroatoms. The van der Waals surface area contributed by atoms with Gasteiger partial charge in [-0.15, -0.1) is 0 Å². The molecule has 0 atom stereocenters. The van der Waals surface area contributed by atoms with Crippen LogP contribution in [0.1, 0.15) is 66.6 Å². The highest BCUT2D eigenvalue weighted by atomic mass is 19.1. The number of aryl methyl sites for hydroxylation is 2. The molecule has 0 aliphatic heterocycles. The lowest BCUT2D eigenvalue weighted by Gasteiger charge is -2.13. The molecule has 0 fully saturated rings. The van der Waals surface area contributed by atoms with Gasteiger partial charge in [-0.3, -0.25) is 25.2 Å². The molecule has 3 aromatic rings. The molecule has 0 saturated heterocycles. The Bertz CT molecular complexity index is 1290. The molecular formula is C25H23FN4O4. The quantitative estimate of drug-likeness (QED) is 0.515. The molecule has 0 unspecified atom stereocenters. The maximum absolute atomic E-state index is 13.0. The second kappa shape index (κ2) is 9.70. The fraction of sp³-hybridized carbons (Fsp3) is 0.200. The molecule has 8 nitrogen and oxygen atoms in total. The summed E-state index contributed by atoms with van der Waals surface area (Å²) in [7, 11) is 0. The molecule has 0 spiro atoms. The number of hydrogen-bond donors (Lipinski definition) is 3. The summed E-state index contributed by atoms with van der Waals surface area (Å²) in [4.78, 5) is 37.4. The number of rotatable bonds is 4. The average molecular weight is 462 g/mol. The second-order valence-corrected chi connectivity index (χ2v) is 7.94. The molecule has 0 bridgehead atoms. The molecule has 1 heterocycles. The van der Waals surface area contributed by atoms with E-state index in [1.54, 1.807) is 19.1 Å². The lowest BCUT2D eigenvalue weighted by Crippen LogP contribution is -2.41. The maximum atomic E-state index is 13.0. The molecule has 2 aromatic carbocycles. The van der Waals surface area contributed by atoms with Gasteiger partial charge in [0.2, 0.25) is 0 Å². The van der Waals surface area contributed by atoms with E-state index in [4.69, 9.17) is 4.42 Å². The highest BCUT2D eigenvalue weighted by Crippen LogP contribution is 2.29. The van der Waals surface area contributed by atoms with Crippen molar-refractivity contribution in [2.45, 2.75) is 33.1 Å². The van der Waals surface area contributed by atoms with E-state index in [1.165, 1.54) is 12.1 Å². The Morgan fingerprint density at radius 2 is 1.62 bits per heavy atom. The van der Waals surface area contributed by atoms with Crippen molar-refractivity contribution in [3.05, 3.63) is 93.7 Å². The Kier molecular flexibility index (Phi) is 6.53. The van der Waals surface area contributed by atoms with Crippen LogP contribution in [0, 0.1) is 19.7 Å². The number of fused-ring (bicyclic) bond motifs is 1. The predicted molar refractivity (Wildman–Crippen MR) is 123 cm³/mol. The molecule has 0 saturated carbocycles. The van der Waals surface area contributed by atoms with Gasteiger partial charge in [0.1, 0.15) is 11.6 Å². The van der Waals surface area contributed by atoms with Gasteiger partial charge in [0, 0.05) is 28.7 Å². The van der Waals surface area contributed by atoms with Crippen LogP contribution < -0.4 is 16.3 Å². The number of carbonyl (C=O) groups is 3. The Labute approximate surface area is 195 Å². The average Bonchev–Trinajstić information content (AvgIpc) is 3.18. The first-order valence-electron chi connectivity index (χ1n) is 10.8. The number of nitrogens with zero attached hydrogens (tertiary/aromatic N) is 1. The summed E-state index contributed by atoms with van der Waals surface area (Å²) in [6.45, 7) is 3.57. The molecule has 1 aliphatic carbocycles. The number of amides is 3. The zero-order chi connectivity index (χ0) is 24.2. The van der Waals surface area contributed by atoms with E-state index >= 15 is 0 Å². The zero-order valence-corrected chi connectivity index (χ0v) is 18.7. The number of carbonyl (C=O) groups excluding carboxylic acids is 3. The smallest absolute Gasteiger partial charge is 0.305 e. The molecule has 3 N–H and O–H groups in total. The van der Waals surface area contributed by atoms with Crippen molar-refractivity contribution in [3.63, 3.8) is 0 Å². The topological polar surface area (TPSA) is 113 Å². The molecule has 1 aromatic heterocycles. The fourth-order valence-electron chi connectivity index (χ4n) is 3.85. The number of halogens is 1. The van der Waals surface area contributed by atoms with Gasteiger partial charge in [0.05, 0.1) is 5.71 Å². The van der Waals surface area contributed by atoms with Gasteiger partial charge < -0.3 is 4.42 Å². The third-order valence-corrected chi connectivity index (χ3v) is 5.61. The summed E-state index contributed by atoms with van der Waals surface area (Å²) in [5.41, 5.74) is 10.6. The van der Waals surface area contributed by atoms with Gasteiger partial charge in [-0.05, 0) is 62.6 Å². The Hall–Kier alpha value is -4.27. The number of hydrazine groups is 1. The molecule has 3 amide bonds. The minimum absolute atomic E-state index is 0.0456. The van der Waals surface area contributed by atoms with Crippen LogP contribution in [-0.2, 0) is 6.42 Å². The summed E-state index contributed by atoms with van der Waals surface area (Å²) in [6, 6.07) is 12.1. The van der Waals surface area contributed by atoms with E-state index in [-0.39, 0.29) is 17.2 Å². The SMILES string of the molecule is Cc1ccccc1C(=O)N/N=C1\CCCc2oc(C(=O)NNC(=O)c3ccc(F)cc3)c(C)c21. The van der Waals surface area contributed by atoms with Crippen LogP contribution in [0.5, 0.6) is 0 Å². The first-order valence-corrected chi connectivity index (χ1v) is 10.8. The zero-order valence-electron chi connectivity index (χ0n) is 18.7. The first-order chi connectivity index (χ1) is 16.3. The van der Waals surface area contributed by atoms with Crippen LogP contribution in [0.2, 0.25) is 0 Å². The van der Waals surface area contributed by atoms with Crippen LogP contribution in [0.3, 0.4) is 0 Å². The summed E-state index contributed by atoms with van der Waals surface area (Å²) in [6.07, 6.45) is 1.99. The molecule has 1 aliphatic rings. The van der Waals surface area contributed by atoms with E-state index in [9.17, 15) is 18.8 Å². The van der Waals surface area contributed by atoms with E-state index < -0.39 is 17.6 Å². The number of hydrogen-bond acceptors (Lipinski definition) is 5. The van der Waals surface area contributed by atoms with Gasteiger partial charge >= 0.3 is 5.91 Å². The van der Waals surface area contributed by atoms with Crippen LogP contribution >= 0.6 is 0 Å². The molecular weight excluding hydrogens is 439 g/mol. The van der Waals surface area contributed by atoms with Crippen molar-refractivity contribution in [1.82, 2.24) is 16.3 Å². The van der Waals surface area contributed by atoms with Crippen molar-refractivity contribution in [2.75, 3.05) is 0 Å². The lowest BCUT2D eigenvalue weighted by molar-refractivity contribution is 0.0829. The number of nitrogens with one attached hydrogen (secondary N) is 3. The van der Waals surface area contributed by atoms with Crippen molar-refractivity contribution in [1.29, 1.82) is 0 Å². The number of benzene rings is 2. The number of hydrazone groups is 1. The van der Waals surface area contributed by atoms with Crippen molar-refractivity contribution < 1.29 is 23.2 Å². The lowest BCUT2D eigenvalue weighted by atomic mass is 9.93. The van der Waals surface area contributed by atoms with Crippen molar-refractivity contribution in [3.8, 4) is 0 Å². The van der Waals surface area contributed by atoms with Crippen LogP contribution in [0.15, 0.2) is 58.0 Å². The monoisotopic (exact) mass is 462 g/mol. The molecule has 4 rings (SSSR count). The van der Waals surface area contributed by atoms with Gasteiger partial charge in [-0.1, -0.05) is 18.2 Å². The standard InChI is InChI=1S/C25H23FN4O4/c1-14-6-3-4-7-18(14)24(32)29-27-19-8-5-9-20-21(19)15(2)22(34-20)25(33)30-28-23(31)16-10-12-17(26)13-11-16/h3-4,6-7,10-13H,5,8-9H2,1-2H3,(H,28,31)(H,29,32)(H,30,33)/b27-19+. The summed E-state index contributed by atoms with van der Waals surface area (Å²) in [5.74, 6) is -1.37. The Morgan fingerprint density at radius 3 is 2.35 bits per heavy atom. The van der Waals surface area contributed by atoms with Crippen molar-refractivity contribution in [2.24, 2.45) is 5.10 Å². The van der Waals surface area contributed by atoms with Gasteiger partial charge in [0.25, 0.3) is 11.8 Å². The molecule has 0 radical (unpaired) electrons. The minimum Gasteiger partial charge on any atom is -0.455 e. The van der Waals surface area contributed by atoms with Crippen LogP contribution in [-0.4, -0.2) is 23.4 Å². The highest BCUT2D eigenvalue weighted by Gasteiger charge is 2.28. The largest absolute Gasteiger partial charge is 0.455 e.